The average Bonchev–Trinajstić information content (AvgIpc) is 3.25. The molecule has 0 saturated heterocycles. The van der Waals surface area contributed by atoms with E-state index in [0.717, 1.165) is 12.8 Å². The Labute approximate surface area is 117 Å². The molecule has 0 aromatic heterocycles. The van der Waals surface area contributed by atoms with E-state index in [0.29, 0.717) is 6.21 Å². The molecule has 0 unspecified atom stereocenters. The molecule has 7 heteroatoms. The quantitative estimate of drug-likeness (QED) is 0.465. The number of carbonyl (C=O) groups is 3. The summed E-state index contributed by atoms with van der Waals surface area (Å²) in [5, 5.41) is 9.34. The molecule has 1 rings (SSSR count). The summed E-state index contributed by atoms with van der Waals surface area (Å²) in [6.45, 7) is 1.56. The number of rotatable bonds is 9. The van der Waals surface area contributed by atoms with Gasteiger partial charge in [0.05, 0.1) is 6.21 Å². The molecule has 0 radical (unpaired) electrons. The molecule has 2 atom stereocenters. The monoisotopic (exact) mass is 284 g/mol. The van der Waals surface area contributed by atoms with Gasteiger partial charge in [-0.15, -0.1) is 0 Å². The first-order valence-corrected chi connectivity index (χ1v) is 6.55. The van der Waals surface area contributed by atoms with Crippen LogP contribution in [0.25, 0.3) is 0 Å². The van der Waals surface area contributed by atoms with Crippen molar-refractivity contribution in [3.05, 3.63) is 0 Å². The largest absolute Gasteiger partial charge is 0.461 e. The normalized spacial score (nSPS) is 16.9. The van der Waals surface area contributed by atoms with Gasteiger partial charge in [0.15, 0.2) is 5.78 Å². The lowest BCUT2D eigenvalue weighted by Crippen LogP contribution is -2.46. The average molecular weight is 284 g/mol. The Bertz CT molecular complexity index is 392. The number of esters is 1. The summed E-state index contributed by atoms with van der Waals surface area (Å²) in [4.78, 5) is 34.7. The van der Waals surface area contributed by atoms with Gasteiger partial charge < -0.3 is 20.2 Å². The molecule has 112 valence electrons. The van der Waals surface area contributed by atoms with Gasteiger partial charge in [0.1, 0.15) is 18.2 Å². The predicted octanol–water partition coefficient (Wildman–Crippen LogP) is 0.211. The van der Waals surface area contributed by atoms with E-state index >= 15 is 0 Å². The number of nitrogens with one attached hydrogen (secondary N) is 2. The van der Waals surface area contributed by atoms with Crippen LogP contribution in [0.15, 0.2) is 0 Å². The van der Waals surface area contributed by atoms with Crippen LogP contribution in [0.3, 0.4) is 0 Å². The minimum Gasteiger partial charge on any atom is -0.461 e. The van der Waals surface area contributed by atoms with Crippen LogP contribution >= 0.6 is 0 Å². The first-order chi connectivity index (χ1) is 9.47. The zero-order valence-electron chi connectivity index (χ0n) is 11.7. The fraction of sp³-hybridized carbons (Fsp3) is 0.692. The van der Waals surface area contributed by atoms with Crippen LogP contribution in [-0.2, 0) is 23.9 Å². The van der Waals surface area contributed by atoms with Gasteiger partial charge in [0, 0.05) is 13.5 Å². The van der Waals surface area contributed by atoms with Gasteiger partial charge in [-0.05, 0) is 26.2 Å². The molecule has 20 heavy (non-hydrogen) atoms. The fourth-order valence-electron chi connectivity index (χ4n) is 1.44. The maximum absolute atomic E-state index is 11.9. The van der Waals surface area contributed by atoms with E-state index in [4.69, 9.17) is 14.9 Å². The second-order valence-electron chi connectivity index (χ2n) is 4.72. The Hall–Kier alpha value is -1.76. The van der Waals surface area contributed by atoms with E-state index in [1.165, 1.54) is 7.11 Å². The number of Topliss-reactive ketones (excluding diaryl/α,β-unsaturated/α-hetero) is 1. The van der Waals surface area contributed by atoms with Crippen molar-refractivity contribution in [2.45, 2.75) is 50.9 Å². The van der Waals surface area contributed by atoms with Crippen LogP contribution in [0.1, 0.15) is 32.6 Å². The number of methoxy groups -OCH3 is 1. The molecule has 1 aliphatic rings. The number of ether oxygens (including phenoxy) is 2. The van der Waals surface area contributed by atoms with Crippen molar-refractivity contribution in [1.29, 1.82) is 5.41 Å². The smallest absolute Gasteiger partial charge is 0.328 e. The molecule has 0 aromatic rings. The van der Waals surface area contributed by atoms with E-state index in [1.807, 2.05) is 0 Å². The van der Waals surface area contributed by atoms with Gasteiger partial charge in [-0.3, -0.25) is 9.59 Å². The standard InChI is InChI=1S/C13H20N2O5/c1-8(19-2)12(17)15-11(6-3-9(16)7-14)13(18)20-10-4-5-10/h7-8,10-11,14H,3-6H2,1-2H3,(H,15,17)/t8-,11-/m0/s1. The highest BCUT2D eigenvalue weighted by Gasteiger charge is 2.31. The predicted molar refractivity (Wildman–Crippen MR) is 70.5 cm³/mol. The summed E-state index contributed by atoms with van der Waals surface area (Å²) in [6.07, 6.45) is 1.73. The Morgan fingerprint density at radius 3 is 2.55 bits per heavy atom. The van der Waals surface area contributed by atoms with Crippen molar-refractivity contribution in [2.24, 2.45) is 0 Å². The third-order valence-corrected chi connectivity index (χ3v) is 2.97. The highest BCUT2D eigenvalue weighted by molar-refractivity contribution is 6.26. The fourth-order valence-corrected chi connectivity index (χ4v) is 1.44. The van der Waals surface area contributed by atoms with Crippen molar-refractivity contribution >= 4 is 23.9 Å². The molecule has 7 nitrogen and oxygen atoms in total. The lowest BCUT2D eigenvalue weighted by atomic mass is 10.1. The first-order valence-electron chi connectivity index (χ1n) is 6.55. The van der Waals surface area contributed by atoms with Crippen LogP contribution < -0.4 is 5.32 Å². The number of hydrogen-bond donors (Lipinski definition) is 2. The maximum Gasteiger partial charge on any atom is 0.328 e. The first kappa shape index (κ1) is 16.3. The third-order valence-electron chi connectivity index (χ3n) is 2.97. The second kappa shape index (κ2) is 7.74. The minimum atomic E-state index is -0.885. The van der Waals surface area contributed by atoms with Crippen LogP contribution in [-0.4, -0.2) is 49.2 Å². The number of amides is 1. The molecule has 0 aliphatic heterocycles. The van der Waals surface area contributed by atoms with Gasteiger partial charge in [0.2, 0.25) is 5.91 Å². The van der Waals surface area contributed by atoms with E-state index in [-0.39, 0.29) is 18.9 Å². The summed E-state index contributed by atoms with van der Waals surface area (Å²) in [5.74, 6) is -1.38. The molecule has 1 amide bonds. The second-order valence-corrected chi connectivity index (χ2v) is 4.72. The van der Waals surface area contributed by atoms with Crippen LogP contribution in [0.2, 0.25) is 0 Å². The molecule has 0 aromatic carbocycles. The van der Waals surface area contributed by atoms with Gasteiger partial charge >= 0.3 is 5.97 Å². The Morgan fingerprint density at radius 1 is 1.40 bits per heavy atom. The maximum atomic E-state index is 11.9. The highest BCUT2D eigenvalue weighted by Crippen LogP contribution is 2.24. The molecule has 0 spiro atoms. The van der Waals surface area contributed by atoms with E-state index in [1.54, 1.807) is 6.92 Å². The van der Waals surface area contributed by atoms with Gasteiger partial charge in [-0.1, -0.05) is 0 Å². The van der Waals surface area contributed by atoms with Crippen LogP contribution in [0, 0.1) is 5.41 Å². The van der Waals surface area contributed by atoms with Crippen LogP contribution in [0.5, 0.6) is 0 Å². The molecule has 1 saturated carbocycles. The van der Waals surface area contributed by atoms with Crippen molar-refractivity contribution in [3.8, 4) is 0 Å². The van der Waals surface area contributed by atoms with E-state index in [2.05, 4.69) is 5.32 Å². The zero-order chi connectivity index (χ0) is 15.1. The summed E-state index contributed by atoms with van der Waals surface area (Å²) < 4.78 is 10.0. The molecule has 2 N–H and O–H groups in total. The number of hydrogen-bond acceptors (Lipinski definition) is 6. The van der Waals surface area contributed by atoms with Gasteiger partial charge in [-0.2, -0.15) is 0 Å². The van der Waals surface area contributed by atoms with Crippen LogP contribution in [0.4, 0.5) is 0 Å². The summed E-state index contributed by atoms with van der Waals surface area (Å²) in [5.41, 5.74) is 0. The molecule has 0 heterocycles. The van der Waals surface area contributed by atoms with E-state index in [9.17, 15) is 14.4 Å². The van der Waals surface area contributed by atoms with Crippen molar-refractivity contribution in [2.75, 3.05) is 7.11 Å². The van der Waals surface area contributed by atoms with E-state index < -0.39 is 29.8 Å². The molecule has 1 fully saturated rings. The topological polar surface area (TPSA) is 106 Å². The van der Waals surface area contributed by atoms with Gasteiger partial charge in [0.25, 0.3) is 0 Å². The van der Waals surface area contributed by atoms with Crippen molar-refractivity contribution < 1.29 is 23.9 Å². The Balaban J connectivity index is 2.56. The Kier molecular flexibility index (Phi) is 6.30. The highest BCUT2D eigenvalue weighted by atomic mass is 16.5. The summed E-state index contributed by atoms with van der Waals surface area (Å²) in [6, 6.07) is -0.885. The Morgan fingerprint density at radius 2 is 2.05 bits per heavy atom. The molecular weight excluding hydrogens is 264 g/mol. The van der Waals surface area contributed by atoms with Crippen molar-refractivity contribution in [1.82, 2.24) is 5.32 Å². The summed E-state index contributed by atoms with van der Waals surface area (Å²) in [7, 11) is 1.39. The molecule has 0 bridgehead atoms. The molecular formula is C13H20N2O5. The molecule has 1 aliphatic carbocycles. The minimum absolute atomic E-state index is 0.00950. The zero-order valence-corrected chi connectivity index (χ0v) is 11.7. The lowest BCUT2D eigenvalue weighted by molar-refractivity contribution is -0.150. The lowest BCUT2D eigenvalue weighted by Gasteiger charge is -2.19. The van der Waals surface area contributed by atoms with Crippen molar-refractivity contribution in [3.63, 3.8) is 0 Å². The number of carbonyl (C=O) groups excluding carboxylic acids is 3. The SMILES string of the molecule is CO[C@@H](C)C(=O)N[C@@H](CCC(=O)C=N)C(=O)OC1CC1. The number of ketones is 1. The summed E-state index contributed by atoms with van der Waals surface area (Å²) >= 11 is 0. The van der Waals surface area contributed by atoms with Gasteiger partial charge in [-0.25, -0.2) is 4.79 Å². The third kappa shape index (κ3) is 5.48.